The summed E-state index contributed by atoms with van der Waals surface area (Å²) < 4.78 is 45.2. The molecular weight excluding hydrogens is 361 g/mol. The molecule has 9 heteroatoms. The van der Waals surface area contributed by atoms with Gasteiger partial charge in [0.2, 0.25) is 0 Å². The zero-order valence-electron chi connectivity index (χ0n) is 14.5. The first-order valence-electron chi connectivity index (χ1n) is 8.49. The number of carbonyl (C=O) groups excluding carboxylic acids is 1. The predicted molar refractivity (Wildman–Crippen MR) is 94.3 cm³/mol. The van der Waals surface area contributed by atoms with Crippen LogP contribution >= 0.6 is 0 Å². The third-order valence-electron chi connectivity index (χ3n) is 4.14. The molecule has 2 aromatic rings. The van der Waals surface area contributed by atoms with Crippen molar-refractivity contribution in [2.45, 2.75) is 0 Å². The lowest BCUT2D eigenvalue weighted by atomic mass is 10.2. The molecule has 6 nitrogen and oxygen atoms in total. The number of aromatic nitrogens is 1. The van der Waals surface area contributed by atoms with Crippen LogP contribution in [0.4, 0.5) is 24.5 Å². The summed E-state index contributed by atoms with van der Waals surface area (Å²) in [7, 11) is 0. The molecular formula is C18H19F3N4O2. The second-order valence-electron chi connectivity index (χ2n) is 5.99. The van der Waals surface area contributed by atoms with Crippen molar-refractivity contribution in [1.82, 2.24) is 9.88 Å². The first kappa shape index (κ1) is 19.1. The van der Waals surface area contributed by atoms with Crippen molar-refractivity contribution >= 4 is 17.3 Å². The molecule has 144 valence electrons. The summed E-state index contributed by atoms with van der Waals surface area (Å²) in [4.78, 5) is 18.4. The van der Waals surface area contributed by atoms with Crippen molar-refractivity contribution in [2.75, 3.05) is 50.0 Å². The molecule has 1 fully saturated rings. The maximum absolute atomic E-state index is 13.7. The predicted octanol–water partition coefficient (Wildman–Crippen LogP) is 2.50. The largest absolute Gasteiger partial charge is 0.384 e. The molecule has 1 aromatic heterocycles. The lowest BCUT2D eigenvalue weighted by molar-refractivity contribution is 0.0398. The second-order valence-corrected chi connectivity index (χ2v) is 5.99. The van der Waals surface area contributed by atoms with Gasteiger partial charge in [0.25, 0.3) is 5.91 Å². The Bertz CT molecular complexity index is 813. The average Bonchev–Trinajstić information content (AvgIpc) is 2.69. The standard InChI is InChI=1S/C18H19F3N4O2/c19-13-1-2-14(17(21)16(13)20)24-18(26)15-11-12(3-4-23-15)22-5-6-25-7-9-27-10-8-25/h1-4,11H,5-10H2,(H,22,23)(H,24,26). The Morgan fingerprint density at radius 1 is 1.15 bits per heavy atom. The van der Waals surface area contributed by atoms with E-state index < -0.39 is 29.0 Å². The lowest BCUT2D eigenvalue weighted by Crippen LogP contribution is -2.39. The molecule has 0 unspecified atom stereocenters. The van der Waals surface area contributed by atoms with Crippen LogP contribution in [0, 0.1) is 17.5 Å². The number of nitrogens with zero attached hydrogens (tertiary/aromatic N) is 2. The quantitative estimate of drug-likeness (QED) is 0.754. The van der Waals surface area contributed by atoms with Crippen molar-refractivity contribution in [1.29, 1.82) is 0 Å². The number of hydrogen-bond donors (Lipinski definition) is 2. The zero-order chi connectivity index (χ0) is 19.2. The van der Waals surface area contributed by atoms with Gasteiger partial charge < -0.3 is 15.4 Å². The highest BCUT2D eigenvalue weighted by atomic mass is 19.2. The first-order valence-corrected chi connectivity index (χ1v) is 8.49. The van der Waals surface area contributed by atoms with E-state index in [0.717, 1.165) is 45.0 Å². The summed E-state index contributed by atoms with van der Waals surface area (Å²) in [5.74, 6) is -5.14. The van der Waals surface area contributed by atoms with Crippen LogP contribution in [0.15, 0.2) is 30.5 Å². The topological polar surface area (TPSA) is 66.5 Å². The van der Waals surface area contributed by atoms with E-state index in [2.05, 4.69) is 20.5 Å². The molecule has 0 aliphatic carbocycles. The van der Waals surface area contributed by atoms with E-state index in [-0.39, 0.29) is 5.69 Å². The van der Waals surface area contributed by atoms with Gasteiger partial charge in [0.15, 0.2) is 17.5 Å². The number of nitrogens with one attached hydrogen (secondary N) is 2. The fourth-order valence-electron chi connectivity index (χ4n) is 2.66. The van der Waals surface area contributed by atoms with Crippen LogP contribution < -0.4 is 10.6 Å². The van der Waals surface area contributed by atoms with Gasteiger partial charge in [0.05, 0.1) is 18.9 Å². The smallest absolute Gasteiger partial charge is 0.274 e. The zero-order valence-corrected chi connectivity index (χ0v) is 14.5. The van der Waals surface area contributed by atoms with E-state index in [9.17, 15) is 18.0 Å². The van der Waals surface area contributed by atoms with Crippen molar-refractivity contribution in [3.05, 3.63) is 53.6 Å². The molecule has 2 N–H and O–H groups in total. The maximum Gasteiger partial charge on any atom is 0.274 e. The number of rotatable bonds is 6. The monoisotopic (exact) mass is 380 g/mol. The third kappa shape index (κ3) is 4.95. The lowest BCUT2D eigenvalue weighted by Gasteiger charge is -2.26. The number of anilines is 2. The number of morpholine rings is 1. The molecule has 1 aromatic carbocycles. The minimum absolute atomic E-state index is 0.0236. The molecule has 0 atom stereocenters. The van der Waals surface area contributed by atoms with Crippen LogP contribution in [0.5, 0.6) is 0 Å². The molecule has 0 bridgehead atoms. The Balaban J connectivity index is 1.59. The van der Waals surface area contributed by atoms with Crippen LogP contribution in [0.25, 0.3) is 0 Å². The fraction of sp³-hybridized carbons (Fsp3) is 0.333. The molecule has 0 radical (unpaired) electrons. The molecule has 1 saturated heterocycles. The molecule has 0 spiro atoms. The summed E-state index contributed by atoms with van der Waals surface area (Å²) in [6.45, 7) is 4.70. The van der Waals surface area contributed by atoms with Crippen LogP contribution in [0.1, 0.15) is 10.5 Å². The highest BCUT2D eigenvalue weighted by Crippen LogP contribution is 2.20. The Hall–Kier alpha value is -2.65. The van der Waals surface area contributed by atoms with Gasteiger partial charge >= 0.3 is 0 Å². The fourth-order valence-corrected chi connectivity index (χ4v) is 2.66. The SMILES string of the molecule is O=C(Nc1ccc(F)c(F)c1F)c1cc(NCCN2CCOCC2)ccn1. The number of ether oxygens (including phenoxy) is 1. The van der Waals surface area contributed by atoms with E-state index in [1.54, 1.807) is 6.07 Å². The van der Waals surface area contributed by atoms with Crippen molar-refractivity contribution < 1.29 is 22.7 Å². The number of hydrogen-bond acceptors (Lipinski definition) is 5. The van der Waals surface area contributed by atoms with Gasteiger partial charge in [-0.25, -0.2) is 13.2 Å². The normalized spacial score (nSPS) is 14.8. The molecule has 1 aliphatic heterocycles. The Kier molecular flexibility index (Phi) is 6.25. The number of pyridine rings is 1. The van der Waals surface area contributed by atoms with E-state index in [0.29, 0.717) is 12.2 Å². The van der Waals surface area contributed by atoms with Crippen LogP contribution in [-0.2, 0) is 4.74 Å². The Morgan fingerprint density at radius 2 is 1.93 bits per heavy atom. The summed E-state index contributed by atoms with van der Waals surface area (Å²) >= 11 is 0. The number of halogens is 3. The van der Waals surface area contributed by atoms with Crippen molar-refractivity contribution in [2.24, 2.45) is 0 Å². The maximum atomic E-state index is 13.7. The molecule has 2 heterocycles. The molecule has 3 rings (SSSR count). The summed E-state index contributed by atoms with van der Waals surface area (Å²) in [6.07, 6.45) is 1.44. The Labute approximate surface area is 154 Å². The van der Waals surface area contributed by atoms with Crippen LogP contribution in [0.3, 0.4) is 0 Å². The molecule has 1 amide bonds. The van der Waals surface area contributed by atoms with Crippen molar-refractivity contribution in [3.63, 3.8) is 0 Å². The number of amides is 1. The summed E-state index contributed by atoms with van der Waals surface area (Å²) in [5, 5.41) is 5.39. The summed E-state index contributed by atoms with van der Waals surface area (Å²) in [5.41, 5.74) is 0.246. The van der Waals surface area contributed by atoms with Gasteiger partial charge in [0.1, 0.15) is 5.69 Å². The Morgan fingerprint density at radius 3 is 2.70 bits per heavy atom. The van der Waals surface area contributed by atoms with E-state index in [4.69, 9.17) is 4.74 Å². The number of carbonyl (C=O) groups is 1. The van der Waals surface area contributed by atoms with Crippen LogP contribution in [-0.4, -0.2) is 55.2 Å². The van der Waals surface area contributed by atoms with Gasteiger partial charge in [-0.15, -0.1) is 0 Å². The van der Waals surface area contributed by atoms with Gasteiger partial charge in [-0.1, -0.05) is 0 Å². The van der Waals surface area contributed by atoms with E-state index in [1.165, 1.54) is 12.3 Å². The van der Waals surface area contributed by atoms with E-state index >= 15 is 0 Å². The molecule has 0 saturated carbocycles. The average molecular weight is 380 g/mol. The minimum Gasteiger partial charge on any atom is -0.384 e. The highest BCUT2D eigenvalue weighted by Gasteiger charge is 2.17. The highest BCUT2D eigenvalue weighted by molar-refractivity contribution is 6.03. The van der Waals surface area contributed by atoms with Gasteiger partial charge in [0, 0.05) is 38.1 Å². The van der Waals surface area contributed by atoms with Crippen LogP contribution in [0.2, 0.25) is 0 Å². The molecule has 1 aliphatic rings. The summed E-state index contributed by atoms with van der Waals surface area (Å²) in [6, 6.07) is 4.90. The molecule has 27 heavy (non-hydrogen) atoms. The van der Waals surface area contributed by atoms with E-state index in [1.807, 2.05) is 0 Å². The first-order chi connectivity index (χ1) is 13.0. The third-order valence-corrected chi connectivity index (χ3v) is 4.14. The van der Waals surface area contributed by atoms with Crippen molar-refractivity contribution in [3.8, 4) is 0 Å². The van der Waals surface area contributed by atoms with Gasteiger partial charge in [-0.2, -0.15) is 0 Å². The second kappa shape index (κ2) is 8.83. The van der Waals surface area contributed by atoms with Gasteiger partial charge in [-0.3, -0.25) is 14.7 Å². The van der Waals surface area contributed by atoms with Gasteiger partial charge in [-0.05, 0) is 24.3 Å². The minimum atomic E-state index is -1.64. The number of benzene rings is 1.